The van der Waals surface area contributed by atoms with Gasteiger partial charge in [0.05, 0.1) is 11.8 Å². The number of amides is 1. The highest BCUT2D eigenvalue weighted by molar-refractivity contribution is 7.98. The Morgan fingerprint density at radius 2 is 1.94 bits per heavy atom. The Balaban J connectivity index is 1.45. The quantitative estimate of drug-likeness (QED) is 0.275. The summed E-state index contributed by atoms with van der Waals surface area (Å²) in [6.07, 6.45) is 3.33. The second-order valence-electron chi connectivity index (χ2n) is 8.04. The van der Waals surface area contributed by atoms with Gasteiger partial charge in [-0.15, -0.1) is 10.2 Å². The molecular formula is C22H24F4N6OS. The Morgan fingerprint density at radius 1 is 1.21 bits per heavy atom. The summed E-state index contributed by atoms with van der Waals surface area (Å²) in [5.41, 5.74) is -2.36. The van der Waals surface area contributed by atoms with Gasteiger partial charge in [0.2, 0.25) is 0 Å². The number of aromatic nitrogens is 5. The maximum Gasteiger partial charge on any atom is 0.434 e. The van der Waals surface area contributed by atoms with Crippen molar-refractivity contribution in [2.75, 3.05) is 12.8 Å². The van der Waals surface area contributed by atoms with Crippen LogP contribution in [-0.4, -0.2) is 43.3 Å². The molecule has 1 aliphatic carbocycles. The summed E-state index contributed by atoms with van der Waals surface area (Å²) >= 11 is 1.53. The first-order valence-corrected chi connectivity index (χ1v) is 12.2. The minimum Gasteiger partial charge on any atom is -0.352 e. The first-order chi connectivity index (χ1) is 16.3. The van der Waals surface area contributed by atoms with Crippen molar-refractivity contribution in [3.63, 3.8) is 0 Å². The molecule has 12 heteroatoms. The average Bonchev–Trinajstić information content (AvgIpc) is 3.55. The maximum absolute atomic E-state index is 14.1. The van der Waals surface area contributed by atoms with Crippen LogP contribution in [0.25, 0.3) is 5.69 Å². The Bertz CT molecular complexity index is 1150. The predicted octanol–water partition coefficient (Wildman–Crippen LogP) is 4.82. The molecule has 1 saturated carbocycles. The van der Waals surface area contributed by atoms with E-state index in [0.717, 1.165) is 48.9 Å². The molecule has 2 aromatic heterocycles. The summed E-state index contributed by atoms with van der Waals surface area (Å²) in [6.45, 7) is 0.146. The van der Waals surface area contributed by atoms with E-state index >= 15 is 0 Å². The molecule has 0 bridgehead atoms. The molecule has 7 nitrogen and oxygen atoms in total. The van der Waals surface area contributed by atoms with Crippen molar-refractivity contribution in [1.82, 2.24) is 29.9 Å². The highest BCUT2D eigenvalue weighted by atomic mass is 32.2. The third kappa shape index (κ3) is 4.96. The number of carbonyl (C=O) groups is 1. The number of carbonyl (C=O) groups excluding carboxylic acids is 1. The van der Waals surface area contributed by atoms with Gasteiger partial charge in [0.25, 0.3) is 5.91 Å². The maximum atomic E-state index is 14.1. The van der Waals surface area contributed by atoms with Crippen molar-refractivity contribution in [2.24, 2.45) is 0 Å². The molecule has 4 rings (SSSR count). The number of halogens is 4. The zero-order chi connectivity index (χ0) is 24.3. The van der Waals surface area contributed by atoms with E-state index < -0.39 is 29.2 Å². The molecule has 0 aliphatic heterocycles. The summed E-state index contributed by atoms with van der Waals surface area (Å²) in [7, 11) is 0. The van der Waals surface area contributed by atoms with Crippen molar-refractivity contribution < 1.29 is 22.4 Å². The zero-order valence-electron chi connectivity index (χ0n) is 18.5. The molecule has 1 N–H and O–H groups in total. The second-order valence-corrected chi connectivity index (χ2v) is 8.81. The first-order valence-electron chi connectivity index (χ1n) is 11.0. The van der Waals surface area contributed by atoms with Gasteiger partial charge in [-0.05, 0) is 37.7 Å². The largest absolute Gasteiger partial charge is 0.434 e. The molecular weight excluding hydrogens is 472 g/mol. The minimum absolute atomic E-state index is 0.146. The normalized spacial score (nSPS) is 14.6. The molecule has 1 fully saturated rings. The molecule has 0 radical (unpaired) electrons. The fourth-order valence-electron chi connectivity index (χ4n) is 4.28. The number of para-hydroxylation sites is 1. The fourth-order valence-corrected chi connectivity index (χ4v) is 4.86. The van der Waals surface area contributed by atoms with Crippen molar-refractivity contribution in [2.45, 2.75) is 55.9 Å². The molecule has 3 aromatic rings. The van der Waals surface area contributed by atoms with Gasteiger partial charge in [-0.25, -0.2) is 9.07 Å². The van der Waals surface area contributed by atoms with Crippen LogP contribution in [-0.2, 0) is 12.6 Å². The van der Waals surface area contributed by atoms with Gasteiger partial charge in [-0.1, -0.05) is 36.7 Å². The summed E-state index contributed by atoms with van der Waals surface area (Å²) in [6, 6.07) is 5.32. The van der Waals surface area contributed by atoms with Gasteiger partial charge in [0.1, 0.15) is 17.3 Å². The van der Waals surface area contributed by atoms with Crippen molar-refractivity contribution in [3.05, 3.63) is 53.4 Å². The van der Waals surface area contributed by atoms with E-state index in [4.69, 9.17) is 0 Å². The van der Waals surface area contributed by atoms with Crippen molar-refractivity contribution in [1.29, 1.82) is 0 Å². The number of thioether (sulfide) groups is 1. The van der Waals surface area contributed by atoms with E-state index in [1.54, 1.807) is 0 Å². The molecule has 34 heavy (non-hydrogen) atoms. The summed E-state index contributed by atoms with van der Waals surface area (Å²) in [5, 5.41) is 15.5. The van der Waals surface area contributed by atoms with E-state index in [1.807, 2.05) is 6.26 Å². The van der Waals surface area contributed by atoms with E-state index in [1.165, 1.54) is 30.0 Å². The first kappa shape index (κ1) is 24.2. The Labute approximate surface area is 197 Å². The molecule has 0 spiro atoms. The van der Waals surface area contributed by atoms with Crippen LogP contribution >= 0.6 is 11.8 Å². The number of alkyl halides is 3. The van der Waals surface area contributed by atoms with Crippen LogP contribution in [0, 0.1) is 5.82 Å². The lowest BCUT2D eigenvalue weighted by Crippen LogP contribution is -2.28. The summed E-state index contributed by atoms with van der Waals surface area (Å²) in [4.78, 5) is 12.6. The number of nitrogens with one attached hydrogen (secondary N) is 1. The van der Waals surface area contributed by atoms with E-state index in [-0.39, 0.29) is 12.2 Å². The van der Waals surface area contributed by atoms with Gasteiger partial charge in [0, 0.05) is 19.0 Å². The van der Waals surface area contributed by atoms with Gasteiger partial charge in [-0.2, -0.15) is 18.3 Å². The Kier molecular flexibility index (Phi) is 7.24. The molecule has 182 valence electrons. The molecule has 2 heterocycles. The van der Waals surface area contributed by atoms with Crippen molar-refractivity contribution >= 4 is 17.7 Å². The van der Waals surface area contributed by atoms with E-state index in [0.29, 0.717) is 23.6 Å². The Morgan fingerprint density at radius 3 is 2.62 bits per heavy atom. The lowest BCUT2D eigenvalue weighted by atomic mass is 10.2. The van der Waals surface area contributed by atoms with Crippen LogP contribution < -0.4 is 5.32 Å². The number of hydrogen-bond donors (Lipinski definition) is 1. The molecule has 0 unspecified atom stereocenters. The van der Waals surface area contributed by atoms with E-state index in [2.05, 4.69) is 25.2 Å². The highest BCUT2D eigenvalue weighted by Gasteiger charge is 2.41. The van der Waals surface area contributed by atoms with Crippen LogP contribution in [0.1, 0.15) is 60.0 Å². The smallest absolute Gasteiger partial charge is 0.352 e. The molecule has 1 aliphatic rings. The number of rotatable bonds is 8. The average molecular weight is 497 g/mol. The summed E-state index contributed by atoms with van der Waals surface area (Å²) in [5.74, 6) is -0.982. The lowest BCUT2D eigenvalue weighted by Gasteiger charge is -2.16. The SMILES string of the molecule is CSc1nnc(CCCNC(=O)c2cnn(-c3ccccc3F)c2C(F)(F)F)n1C1CCCC1. The minimum atomic E-state index is -4.91. The van der Waals surface area contributed by atoms with Gasteiger partial charge < -0.3 is 9.88 Å². The molecule has 0 saturated heterocycles. The lowest BCUT2D eigenvalue weighted by molar-refractivity contribution is -0.143. The van der Waals surface area contributed by atoms with Crippen LogP contribution in [0.3, 0.4) is 0 Å². The monoisotopic (exact) mass is 496 g/mol. The van der Waals surface area contributed by atoms with Crippen molar-refractivity contribution in [3.8, 4) is 5.69 Å². The van der Waals surface area contributed by atoms with Crippen LogP contribution in [0.5, 0.6) is 0 Å². The van der Waals surface area contributed by atoms with Crippen LogP contribution in [0.15, 0.2) is 35.6 Å². The highest BCUT2D eigenvalue weighted by Crippen LogP contribution is 2.35. The predicted molar refractivity (Wildman–Crippen MR) is 118 cm³/mol. The molecule has 1 aromatic carbocycles. The molecule has 1 amide bonds. The second kappa shape index (κ2) is 10.2. The number of aryl methyl sites for hydroxylation is 1. The molecule has 0 atom stereocenters. The van der Waals surface area contributed by atoms with Gasteiger partial charge >= 0.3 is 6.18 Å². The number of hydrogen-bond acceptors (Lipinski definition) is 5. The number of nitrogens with zero attached hydrogens (tertiary/aromatic N) is 5. The standard InChI is InChI=1S/C22H24F4N6OS/c1-34-21-30-29-18(31(21)14-7-2-3-8-14)11-6-12-27-20(33)15-13-28-32(19(15)22(24,25)26)17-10-5-4-9-16(17)23/h4-5,9-10,13-14H,2-3,6-8,11-12H2,1H3,(H,27,33). The van der Waals surface area contributed by atoms with Crippen LogP contribution in [0.2, 0.25) is 0 Å². The van der Waals surface area contributed by atoms with Crippen LogP contribution in [0.4, 0.5) is 17.6 Å². The zero-order valence-corrected chi connectivity index (χ0v) is 19.3. The fraction of sp³-hybridized carbons (Fsp3) is 0.455. The summed E-state index contributed by atoms with van der Waals surface area (Å²) < 4.78 is 58.0. The third-order valence-corrected chi connectivity index (χ3v) is 6.48. The van der Waals surface area contributed by atoms with Gasteiger partial charge in [0.15, 0.2) is 10.9 Å². The third-order valence-electron chi connectivity index (χ3n) is 5.83. The van der Waals surface area contributed by atoms with E-state index in [9.17, 15) is 22.4 Å². The number of benzene rings is 1. The Hall–Kier alpha value is -2.89. The van der Waals surface area contributed by atoms with Gasteiger partial charge in [-0.3, -0.25) is 4.79 Å². The topological polar surface area (TPSA) is 77.6 Å².